The number of ether oxygens (including phenoxy) is 4. The van der Waals surface area contributed by atoms with Crippen LogP contribution in [0, 0.1) is 23.7 Å². The summed E-state index contributed by atoms with van der Waals surface area (Å²) >= 11 is 0. The predicted molar refractivity (Wildman–Crippen MR) is 428 cm³/mol. The molecule has 104 heavy (non-hydrogen) atoms. The lowest BCUT2D eigenvalue weighted by atomic mass is 9.99. The molecule has 0 aromatic heterocycles. The summed E-state index contributed by atoms with van der Waals surface area (Å²) in [7, 11) is -9.92. The van der Waals surface area contributed by atoms with Gasteiger partial charge in [0.05, 0.1) is 26.4 Å². The van der Waals surface area contributed by atoms with Crippen LogP contribution in [0.25, 0.3) is 0 Å². The van der Waals surface area contributed by atoms with Crippen LogP contribution in [0.2, 0.25) is 0 Å². The molecule has 0 radical (unpaired) electrons. The van der Waals surface area contributed by atoms with Gasteiger partial charge in [0.1, 0.15) is 19.3 Å². The van der Waals surface area contributed by atoms with E-state index in [9.17, 15) is 43.2 Å². The fourth-order valence-electron chi connectivity index (χ4n) is 13.0. The Morgan fingerprint density at radius 3 is 0.635 bits per heavy atom. The van der Waals surface area contributed by atoms with E-state index < -0.39 is 97.5 Å². The molecular formula is C85H166O17P2. The molecule has 0 heterocycles. The van der Waals surface area contributed by atoms with Crippen LogP contribution in [0.3, 0.4) is 0 Å². The molecule has 0 aliphatic heterocycles. The van der Waals surface area contributed by atoms with E-state index in [2.05, 4.69) is 55.4 Å². The van der Waals surface area contributed by atoms with Gasteiger partial charge in [0.25, 0.3) is 0 Å². The molecule has 0 saturated heterocycles. The van der Waals surface area contributed by atoms with Crippen molar-refractivity contribution in [3.8, 4) is 0 Å². The van der Waals surface area contributed by atoms with Gasteiger partial charge in [0.15, 0.2) is 12.2 Å². The molecule has 618 valence electrons. The van der Waals surface area contributed by atoms with E-state index in [1.807, 2.05) is 0 Å². The maximum absolute atomic E-state index is 13.1. The van der Waals surface area contributed by atoms with Gasteiger partial charge in [-0.1, -0.05) is 389 Å². The van der Waals surface area contributed by atoms with Crippen molar-refractivity contribution in [2.24, 2.45) is 23.7 Å². The molecule has 0 bridgehead atoms. The van der Waals surface area contributed by atoms with Crippen molar-refractivity contribution < 1.29 is 80.2 Å². The average Bonchev–Trinajstić information content (AvgIpc) is 0.934. The standard InChI is InChI=1S/C85H166O17P2/c1-9-75(5)61-53-45-37-33-29-25-21-17-13-15-19-23-27-31-35-39-49-57-65-82(87)95-71-80(101-84(89)67-59-51-40-36-32-28-24-20-16-14-18-22-26-30-34-38-46-54-62-76(6)10-2)73-99-103(91,92)97-69-79(86)70-98-104(93,94)100-74-81(102-85(90)68-60-52-44-42-48-56-64-78(8)12-4)72-96-83(88)66-58-50-43-41-47-55-63-77(7)11-3/h75-81,86H,9-74H2,1-8H3,(H,91,92)(H,93,94)/t75?,76?,77?,78?,79-,80-,81-/m1/s1. The first kappa shape index (κ1) is 102. The van der Waals surface area contributed by atoms with Gasteiger partial charge in [-0.2, -0.15) is 0 Å². The van der Waals surface area contributed by atoms with Crippen LogP contribution in [0.15, 0.2) is 0 Å². The molecule has 0 saturated carbocycles. The van der Waals surface area contributed by atoms with Gasteiger partial charge in [-0.3, -0.25) is 37.3 Å². The normalized spacial score (nSPS) is 15.0. The molecule has 0 fully saturated rings. The maximum Gasteiger partial charge on any atom is 0.472 e. The molecule has 19 heteroatoms. The van der Waals surface area contributed by atoms with Gasteiger partial charge >= 0.3 is 39.5 Å². The first-order valence-corrected chi connectivity index (χ1v) is 46.8. The van der Waals surface area contributed by atoms with Crippen molar-refractivity contribution in [3.63, 3.8) is 0 Å². The van der Waals surface area contributed by atoms with Gasteiger partial charge in [0.2, 0.25) is 0 Å². The van der Waals surface area contributed by atoms with Crippen LogP contribution < -0.4 is 0 Å². The largest absolute Gasteiger partial charge is 0.472 e. The zero-order valence-corrected chi connectivity index (χ0v) is 70.5. The number of carbonyl (C=O) groups excluding carboxylic acids is 4. The number of carbonyl (C=O) groups is 4. The van der Waals surface area contributed by atoms with E-state index in [1.54, 1.807) is 0 Å². The highest BCUT2D eigenvalue weighted by atomic mass is 31.2. The molecule has 0 aliphatic carbocycles. The third-order valence-corrected chi connectivity index (χ3v) is 23.2. The highest BCUT2D eigenvalue weighted by Gasteiger charge is 2.31. The summed E-state index contributed by atoms with van der Waals surface area (Å²) in [6.07, 6.45) is 62.7. The van der Waals surface area contributed by atoms with Crippen molar-refractivity contribution in [2.75, 3.05) is 39.6 Å². The summed E-state index contributed by atoms with van der Waals surface area (Å²) in [6, 6.07) is 0. The van der Waals surface area contributed by atoms with Crippen molar-refractivity contribution in [2.45, 2.75) is 459 Å². The quantitative estimate of drug-likeness (QED) is 0.0222. The van der Waals surface area contributed by atoms with E-state index in [1.165, 1.54) is 238 Å². The zero-order valence-electron chi connectivity index (χ0n) is 68.7. The summed E-state index contributed by atoms with van der Waals surface area (Å²) < 4.78 is 68.7. The molecule has 3 N–H and O–H groups in total. The molecule has 0 amide bonds. The minimum absolute atomic E-state index is 0.102. The van der Waals surface area contributed by atoms with Gasteiger partial charge in [0, 0.05) is 25.7 Å². The number of unbranched alkanes of at least 4 members (excludes halogenated alkanes) is 44. The number of phosphoric ester groups is 2. The average molecular weight is 1520 g/mol. The topological polar surface area (TPSA) is 237 Å². The molecular weight excluding hydrogens is 1350 g/mol. The van der Waals surface area contributed by atoms with Crippen molar-refractivity contribution in [1.29, 1.82) is 0 Å². The zero-order chi connectivity index (χ0) is 76.7. The number of phosphoric acid groups is 2. The number of esters is 4. The van der Waals surface area contributed by atoms with Crippen molar-refractivity contribution in [1.82, 2.24) is 0 Å². The smallest absolute Gasteiger partial charge is 0.462 e. The third kappa shape index (κ3) is 72.9. The number of rotatable bonds is 82. The molecule has 17 nitrogen and oxygen atoms in total. The molecule has 0 aliphatic rings. The Labute approximate surface area is 638 Å². The minimum Gasteiger partial charge on any atom is -0.462 e. The molecule has 0 aromatic rings. The van der Waals surface area contributed by atoms with Crippen LogP contribution in [-0.2, 0) is 65.4 Å². The van der Waals surface area contributed by atoms with Crippen LogP contribution in [-0.4, -0.2) is 96.7 Å². The summed E-state index contributed by atoms with van der Waals surface area (Å²) in [5, 5.41) is 10.6. The van der Waals surface area contributed by atoms with Crippen molar-refractivity contribution >= 4 is 39.5 Å². The fourth-order valence-corrected chi connectivity index (χ4v) is 14.6. The molecule has 0 spiro atoms. The Bertz CT molecular complexity index is 2030. The molecule has 6 unspecified atom stereocenters. The lowest BCUT2D eigenvalue weighted by molar-refractivity contribution is -0.161. The van der Waals surface area contributed by atoms with E-state index in [0.717, 1.165) is 120 Å². The number of hydrogen-bond donors (Lipinski definition) is 3. The summed E-state index contributed by atoms with van der Waals surface area (Å²) in [6.45, 7) is 14.3. The number of aliphatic hydroxyl groups excluding tert-OH is 1. The van der Waals surface area contributed by atoms with E-state index in [0.29, 0.717) is 25.7 Å². The second kappa shape index (κ2) is 73.8. The predicted octanol–water partition coefficient (Wildman–Crippen LogP) is 25.6. The first-order chi connectivity index (χ1) is 50.2. The summed E-state index contributed by atoms with van der Waals surface area (Å²) in [5.41, 5.74) is 0. The van der Waals surface area contributed by atoms with E-state index >= 15 is 0 Å². The van der Waals surface area contributed by atoms with Crippen LogP contribution in [0.1, 0.15) is 441 Å². The van der Waals surface area contributed by atoms with E-state index in [-0.39, 0.29) is 25.7 Å². The van der Waals surface area contributed by atoms with Crippen LogP contribution >= 0.6 is 15.6 Å². The Balaban J connectivity index is 5.18. The minimum atomic E-state index is -4.97. The third-order valence-electron chi connectivity index (χ3n) is 21.3. The first-order valence-electron chi connectivity index (χ1n) is 43.9. The fraction of sp³-hybridized carbons (Fsp3) is 0.953. The maximum atomic E-state index is 13.1. The molecule has 0 aromatic carbocycles. The lowest BCUT2D eigenvalue weighted by Crippen LogP contribution is -2.30. The Hall–Kier alpha value is -1.94. The van der Waals surface area contributed by atoms with Gasteiger partial charge in [-0.05, 0) is 49.4 Å². The molecule has 9 atom stereocenters. The molecule has 0 rings (SSSR count). The van der Waals surface area contributed by atoms with Crippen LogP contribution in [0.5, 0.6) is 0 Å². The van der Waals surface area contributed by atoms with E-state index in [4.69, 9.17) is 37.0 Å². The Kier molecular flexibility index (Phi) is 72.5. The van der Waals surface area contributed by atoms with Crippen molar-refractivity contribution in [3.05, 3.63) is 0 Å². The SMILES string of the molecule is CCC(C)CCCCCCCCCCCCCCCCCCCCC(=O)OC[C@H](COP(=O)(O)OC[C@@H](O)COP(=O)(O)OC[C@@H](COC(=O)CCCCCCCCC(C)CC)OC(=O)CCCCCCCCC(C)CC)OC(=O)CCCCCCCCCCCCCCCCCCCCC(C)CC. The number of hydrogen-bond acceptors (Lipinski definition) is 15. The second-order valence-corrected chi connectivity index (χ2v) is 34.4. The van der Waals surface area contributed by atoms with Crippen LogP contribution in [0.4, 0.5) is 0 Å². The number of aliphatic hydroxyl groups is 1. The monoisotopic (exact) mass is 1520 g/mol. The highest BCUT2D eigenvalue weighted by molar-refractivity contribution is 7.47. The summed E-state index contributed by atoms with van der Waals surface area (Å²) in [4.78, 5) is 73.0. The highest BCUT2D eigenvalue weighted by Crippen LogP contribution is 2.45. The Morgan fingerprint density at radius 1 is 0.260 bits per heavy atom. The van der Waals surface area contributed by atoms with Gasteiger partial charge < -0.3 is 33.8 Å². The van der Waals surface area contributed by atoms with Gasteiger partial charge in [-0.25, -0.2) is 9.13 Å². The summed E-state index contributed by atoms with van der Waals surface area (Å²) in [5.74, 6) is 1.08. The van der Waals surface area contributed by atoms with Gasteiger partial charge in [-0.15, -0.1) is 0 Å². The Morgan fingerprint density at radius 2 is 0.433 bits per heavy atom. The lowest BCUT2D eigenvalue weighted by Gasteiger charge is -2.21. The second-order valence-electron chi connectivity index (χ2n) is 31.5.